The summed E-state index contributed by atoms with van der Waals surface area (Å²) in [5.74, 6) is -0.380. The third-order valence-electron chi connectivity index (χ3n) is 4.31. The average molecular weight is 384 g/mol. The van der Waals surface area contributed by atoms with Crippen LogP contribution in [0.15, 0.2) is 36.4 Å². The van der Waals surface area contributed by atoms with Crippen LogP contribution in [0.4, 0.5) is 0 Å². The third kappa shape index (κ3) is 4.70. The molecule has 0 bridgehead atoms. The first-order chi connectivity index (χ1) is 13.1. The van der Waals surface area contributed by atoms with Gasteiger partial charge in [0.2, 0.25) is 0 Å². The maximum atomic E-state index is 13.2. The zero-order valence-electron chi connectivity index (χ0n) is 17.3. The van der Waals surface area contributed by atoms with Gasteiger partial charge in [-0.2, -0.15) is 0 Å². The highest BCUT2D eigenvalue weighted by Crippen LogP contribution is 2.23. The summed E-state index contributed by atoms with van der Waals surface area (Å²) in [5.41, 5.74) is 5.12. The van der Waals surface area contributed by atoms with Gasteiger partial charge in [-0.1, -0.05) is 23.3 Å². The molecule has 0 aliphatic rings. The normalized spacial score (nSPS) is 11.1. The first kappa shape index (κ1) is 21.4. The monoisotopic (exact) mass is 384 g/mol. The molecule has 0 atom stereocenters. The SMILES string of the molecule is COc1cccc(C(=O)NN(C(=O)c2cc(C)cc(C)c2)C(C)(C)C)c1CO. The zero-order valence-corrected chi connectivity index (χ0v) is 17.3. The van der Waals surface area contributed by atoms with Crippen LogP contribution in [0, 0.1) is 13.8 Å². The second-order valence-corrected chi connectivity index (χ2v) is 7.77. The van der Waals surface area contributed by atoms with Crippen LogP contribution in [0.1, 0.15) is 58.2 Å². The van der Waals surface area contributed by atoms with Crippen LogP contribution in [-0.4, -0.2) is 34.6 Å². The van der Waals surface area contributed by atoms with Gasteiger partial charge in [-0.05, 0) is 58.9 Å². The maximum Gasteiger partial charge on any atom is 0.272 e. The topological polar surface area (TPSA) is 78.9 Å². The van der Waals surface area contributed by atoms with E-state index in [9.17, 15) is 14.7 Å². The van der Waals surface area contributed by atoms with Gasteiger partial charge < -0.3 is 9.84 Å². The average Bonchev–Trinajstić information content (AvgIpc) is 2.62. The predicted molar refractivity (Wildman–Crippen MR) is 108 cm³/mol. The lowest BCUT2D eigenvalue weighted by Crippen LogP contribution is -2.56. The van der Waals surface area contributed by atoms with Gasteiger partial charge in [0.1, 0.15) is 5.75 Å². The van der Waals surface area contributed by atoms with E-state index in [1.54, 1.807) is 30.3 Å². The predicted octanol–water partition coefficient (Wildman–Crippen LogP) is 3.39. The van der Waals surface area contributed by atoms with Crippen LogP contribution < -0.4 is 10.2 Å². The molecule has 2 aromatic carbocycles. The molecule has 0 spiro atoms. The number of methoxy groups -OCH3 is 1. The molecule has 2 rings (SSSR count). The third-order valence-corrected chi connectivity index (χ3v) is 4.31. The van der Waals surface area contributed by atoms with Crippen molar-refractivity contribution in [2.45, 2.75) is 46.8 Å². The summed E-state index contributed by atoms with van der Waals surface area (Å²) in [6.45, 7) is 9.01. The van der Waals surface area contributed by atoms with Crippen molar-refractivity contribution in [1.82, 2.24) is 10.4 Å². The number of nitrogens with one attached hydrogen (secondary N) is 1. The van der Waals surface area contributed by atoms with E-state index < -0.39 is 11.4 Å². The van der Waals surface area contributed by atoms with Crippen LogP contribution >= 0.6 is 0 Å². The highest BCUT2D eigenvalue weighted by atomic mass is 16.5. The lowest BCUT2D eigenvalue weighted by atomic mass is 10.0. The summed E-state index contributed by atoms with van der Waals surface area (Å²) in [6, 6.07) is 10.5. The number of aliphatic hydroxyl groups is 1. The number of rotatable bonds is 4. The summed E-state index contributed by atoms with van der Waals surface area (Å²) in [7, 11) is 1.47. The Hall–Kier alpha value is -2.86. The van der Waals surface area contributed by atoms with Gasteiger partial charge in [-0.25, -0.2) is 5.01 Å². The molecule has 28 heavy (non-hydrogen) atoms. The Morgan fingerprint density at radius 2 is 1.71 bits per heavy atom. The molecule has 6 nitrogen and oxygen atoms in total. The number of hydrogen-bond acceptors (Lipinski definition) is 4. The van der Waals surface area contributed by atoms with Crippen molar-refractivity contribution < 1.29 is 19.4 Å². The van der Waals surface area contributed by atoms with Gasteiger partial charge in [0.05, 0.1) is 24.8 Å². The zero-order chi connectivity index (χ0) is 21.1. The van der Waals surface area contributed by atoms with Crippen molar-refractivity contribution in [2.24, 2.45) is 0 Å². The fraction of sp³-hybridized carbons (Fsp3) is 0.364. The van der Waals surface area contributed by atoms with Crippen molar-refractivity contribution in [3.8, 4) is 5.75 Å². The minimum Gasteiger partial charge on any atom is -0.496 e. The Morgan fingerprint density at radius 3 is 2.21 bits per heavy atom. The second-order valence-electron chi connectivity index (χ2n) is 7.77. The van der Waals surface area contributed by atoms with E-state index in [1.807, 2.05) is 40.7 Å². The number of carbonyl (C=O) groups excluding carboxylic acids is 2. The molecule has 2 amide bonds. The van der Waals surface area contributed by atoms with Crippen LogP contribution in [0.5, 0.6) is 5.75 Å². The Morgan fingerprint density at radius 1 is 1.11 bits per heavy atom. The Bertz CT molecular complexity index is 864. The quantitative estimate of drug-likeness (QED) is 0.792. The highest BCUT2D eigenvalue weighted by Gasteiger charge is 2.30. The Balaban J connectivity index is 2.41. The molecule has 0 unspecified atom stereocenters. The fourth-order valence-electron chi connectivity index (χ4n) is 3.04. The van der Waals surface area contributed by atoms with Gasteiger partial charge in [-0.3, -0.25) is 15.0 Å². The molecular formula is C22H28N2O4. The number of hydrogen-bond donors (Lipinski definition) is 2. The molecule has 2 N–H and O–H groups in total. The first-order valence-corrected chi connectivity index (χ1v) is 9.09. The molecule has 0 heterocycles. The lowest BCUT2D eigenvalue weighted by Gasteiger charge is -2.35. The number of aliphatic hydroxyl groups excluding tert-OH is 1. The number of amides is 2. The Labute approximate surface area is 166 Å². The van der Waals surface area contributed by atoms with E-state index in [0.717, 1.165) is 11.1 Å². The van der Waals surface area contributed by atoms with Crippen molar-refractivity contribution in [2.75, 3.05) is 7.11 Å². The summed E-state index contributed by atoms with van der Waals surface area (Å²) in [6.07, 6.45) is 0. The molecule has 0 saturated heterocycles. The smallest absolute Gasteiger partial charge is 0.272 e. The second kappa shape index (κ2) is 8.44. The molecule has 6 heteroatoms. The maximum absolute atomic E-state index is 13.2. The number of benzene rings is 2. The molecule has 150 valence electrons. The van der Waals surface area contributed by atoms with E-state index in [4.69, 9.17) is 4.74 Å². The Kier molecular flexibility index (Phi) is 6.46. The van der Waals surface area contributed by atoms with E-state index in [1.165, 1.54) is 12.1 Å². The highest BCUT2D eigenvalue weighted by molar-refractivity contribution is 6.00. The molecule has 0 aromatic heterocycles. The van der Waals surface area contributed by atoms with Crippen LogP contribution in [0.2, 0.25) is 0 Å². The van der Waals surface area contributed by atoms with Crippen LogP contribution in [-0.2, 0) is 6.61 Å². The molecule has 0 fully saturated rings. The number of aryl methyl sites for hydroxylation is 2. The summed E-state index contributed by atoms with van der Waals surface area (Å²) >= 11 is 0. The lowest BCUT2D eigenvalue weighted by molar-refractivity contribution is 0.0357. The van der Waals surface area contributed by atoms with Crippen molar-refractivity contribution in [3.05, 3.63) is 64.2 Å². The van der Waals surface area contributed by atoms with Gasteiger partial charge >= 0.3 is 0 Å². The number of hydrazine groups is 1. The summed E-state index contributed by atoms with van der Waals surface area (Å²) in [4.78, 5) is 26.1. The fourth-order valence-corrected chi connectivity index (χ4v) is 3.04. The van der Waals surface area contributed by atoms with E-state index >= 15 is 0 Å². The number of nitrogens with zero attached hydrogens (tertiary/aromatic N) is 1. The minimum absolute atomic E-state index is 0.254. The molecule has 2 aromatic rings. The first-order valence-electron chi connectivity index (χ1n) is 9.09. The number of carbonyl (C=O) groups is 2. The van der Waals surface area contributed by atoms with Gasteiger partial charge in [0, 0.05) is 11.1 Å². The minimum atomic E-state index is -0.664. The largest absolute Gasteiger partial charge is 0.496 e. The van der Waals surface area contributed by atoms with Crippen molar-refractivity contribution >= 4 is 11.8 Å². The molecule has 0 radical (unpaired) electrons. The van der Waals surface area contributed by atoms with Crippen LogP contribution in [0.3, 0.4) is 0 Å². The van der Waals surface area contributed by atoms with Crippen molar-refractivity contribution in [1.29, 1.82) is 0 Å². The summed E-state index contributed by atoms with van der Waals surface area (Å²) in [5, 5.41) is 11.0. The molecule has 0 saturated carbocycles. The standard InChI is InChI=1S/C22H28N2O4/c1-14-10-15(2)12-16(11-14)21(27)24(22(3,4)5)23-20(26)17-8-7-9-19(28-6)18(17)13-25/h7-12,25H,13H2,1-6H3,(H,23,26). The van der Waals surface area contributed by atoms with Gasteiger partial charge in [-0.15, -0.1) is 0 Å². The molecule has 0 aliphatic heterocycles. The molecule has 0 aliphatic carbocycles. The van der Waals surface area contributed by atoms with E-state index in [2.05, 4.69) is 5.43 Å². The summed E-state index contributed by atoms with van der Waals surface area (Å²) < 4.78 is 5.22. The van der Waals surface area contributed by atoms with Gasteiger partial charge in [0.25, 0.3) is 11.8 Å². The number of ether oxygens (including phenoxy) is 1. The molecular weight excluding hydrogens is 356 g/mol. The van der Waals surface area contributed by atoms with Crippen molar-refractivity contribution in [3.63, 3.8) is 0 Å². The van der Waals surface area contributed by atoms with Gasteiger partial charge in [0.15, 0.2) is 0 Å². The van der Waals surface area contributed by atoms with E-state index in [-0.39, 0.29) is 18.1 Å². The van der Waals surface area contributed by atoms with E-state index in [0.29, 0.717) is 16.9 Å². The van der Waals surface area contributed by atoms with Crippen LogP contribution in [0.25, 0.3) is 0 Å².